The first-order valence-electron chi connectivity index (χ1n) is 36.2. The van der Waals surface area contributed by atoms with E-state index in [1.54, 1.807) is 23.6 Å². The van der Waals surface area contributed by atoms with Crippen LogP contribution in [0.5, 0.6) is 5.75 Å². The van der Waals surface area contributed by atoms with Crippen molar-refractivity contribution in [2.75, 3.05) is 158 Å². The van der Waals surface area contributed by atoms with Crippen LogP contribution in [0.15, 0.2) is 59.4 Å². The SMILES string of the molecule is CC[C@@]1(OC=O)C(=O)OCc2c1cc1n(c2=O)Cc2c-1nc1cc(F)c(OC)cc1c2CN1CCC([N+](C)(C)Cc2ccc(NC(=O)OCCOCCOCCOCCOCCOCCOCCOCCNC(=O)CC[C@H](NC(=O)CCCN3C(=O)C=CC3=O)C(=O)NCCCC(=O)NC(C)C)cc2)CC1. The van der Waals surface area contributed by atoms with Crippen LogP contribution in [0, 0.1) is 5.82 Å². The van der Waals surface area contributed by atoms with E-state index in [1.165, 1.54) is 13.2 Å². The molecule has 31 nitrogen and oxygen atoms in total. The first-order valence-corrected chi connectivity index (χ1v) is 36.2. The van der Waals surface area contributed by atoms with Gasteiger partial charge in [-0.1, -0.05) is 19.1 Å². The van der Waals surface area contributed by atoms with Crippen LogP contribution in [0.2, 0.25) is 0 Å². The summed E-state index contributed by atoms with van der Waals surface area (Å²) in [6.45, 7) is 13.5. The zero-order chi connectivity index (χ0) is 76.0. The number of hydrogen-bond acceptors (Lipinski definition) is 23. The number of anilines is 1. The van der Waals surface area contributed by atoms with Gasteiger partial charge in [-0.25, -0.2) is 19.0 Å². The summed E-state index contributed by atoms with van der Waals surface area (Å²) >= 11 is 0. The highest BCUT2D eigenvalue weighted by Gasteiger charge is 2.49. The zero-order valence-corrected chi connectivity index (χ0v) is 61.5. The molecule has 4 aliphatic rings. The van der Waals surface area contributed by atoms with Crippen molar-refractivity contribution in [3.8, 4) is 17.1 Å². The third-order valence-corrected chi connectivity index (χ3v) is 18.6. The number of aromatic nitrogens is 2. The molecule has 8 rings (SSSR count). The standard InChI is InChI=1S/C74H101FN10O21/c1-7-74(106-49-86)58-43-62-69-56(46-84(62)71(93)57(58)48-105-72(74)94)55(54-42-63(96-6)59(75)44-61(54)81-69)45-82-25-20-53(21-26-82)85(4,5)47-51-12-14-52(15-13-51)79-73(95)104-41-40-103-39-38-102-37-36-101-35-34-100-33-32-99-31-30-98-29-28-97-27-23-76-64(87)17-16-60(70(92)77-22-8-10-65(88)78-50(2)3)80-66(89)11-9-24-83-67(90)18-19-68(83)91/h12-15,18-19,42-44,49-50,53,60H,7-11,16-17,20-41,45-48H2,1-6H3,(H4-,76,77,78,79,80,87,88,89,92,95)/p+1/t60-,74-/m0/s1. The van der Waals surface area contributed by atoms with Crippen molar-refractivity contribution in [2.24, 2.45) is 0 Å². The van der Waals surface area contributed by atoms with Crippen molar-refractivity contribution >= 4 is 70.6 Å². The molecule has 2 atom stereocenters. The number of cyclic esters (lactones) is 1. The number of imide groups is 1. The molecule has 2 aromatic heterocycles. The first-order chi connectivity index (χ1) is 51.1. The van der Waals surface area contributed by atoms with Crippen LogP contribution in [-0.2, 0) is 118 Å². The molecular formula is C74H102FN10O21+. The van der Waals surface area contributed by atoms with Gasteiger partial charge in [0.1, 0.15) is 25.8 Å². The molecule has 5 N–H and O–H groups in total. The average Bonchev–Trinajstić information content (AvgIpc) is 1.52. The Balaban J connectivity index is 0.603. The largest absolute Gasteiger partial charge is 0.494 e. The van der Waals surface area contributed by atoms with E-state index < -0.39 is 53.2 Å². The van der Waals surface area contributed by atoms with Gasteiger partial charge in [0.2, 0.25) is 29.2 Å². The van der Waals surface area contributed by atoms with Gasteiger partial charge in [0, 0.05) is 123 Å². The van der Waals surface area contributed by atoms with Crippen molar-refractivity contribution in [2.45, 2.75) is 129 Å². The Morgan fingerprint density at radius 1 is 0.726 bits per heavy atom. The molecule has 2 aromatic carbocycles. The van der Waals surface area contributed by atoms with Gasteiger partial charge in [-0.15, -0.1) is 0 Å². The predicted octanol–water partition coefficient (Wildman–Crippen LogP) is 3.82. The second kappa shape index (κ2) is 41.9. The number of likely N-dealkylation sites (tertiary alicyclic amines) is 1. The smallest absolute Gasteiger partial charge is 0.411 e. The van der Waals surface area contributed by atoms with E-state index in [0.717, 1.165) is 70.7 Å². The van der Waals surface area contributed by atoms with Gasteiger partial charge >= 0.3 is 12.1 Å². The fourth-order valence-electron chi connectivity index (χ4n) is 13.0. The summed E-state index contributed by atoms with van der Waals surface area (Å²) < 4.78 is 78.1. The number of benzene rings is 2. The van der Waals surface area contributed by atoms with Crippen molar-refractivity contribution in [1.82, 2.24) is 40.6 Å². The second-order valence-corrected chi connectivity index (χ2v) is 26.8. The molecule has 0 spiro atoms. The summed E-state index contributed by atoms with van der Waals surface area (Å²) in [4.78, 5) is 134. The molecule has 1 saturated heterocycles. The third kappa shape index (κ3) is 24.1. The number of rotatable bonds is 48. The summed E-state index contributed by atoms with van der Waals surface area (Å²) in [6, 6.07) is 11.7. The lowest BCUT2D eigenvalue weighted by Gasteiger charge is -2.43. The van der Waals surface area contributed by atoms with Gasteiger partial charge < -0.3 is 82.4 Å². The van der Waals surface area contributed by atoms with Crippen molar-refractivity contribution < 1.29 is 104 Å². The Morgan fingerprint density at radius 2 is 1.32 bits per heavy atom. The molecule has 4 aromatic rings. The minimum absolute atomic E-state index is 0.00719. The topological polar surface area (TPSA) is 357 Å². The van der Waals surface area contributed by atoms with E-state index in [9.17, 15) is 47.9 Å². The van der Waals surface area contributed by atoms with Gasteiger partial charge in [-0.2, -0.15) is 0 Å². The Bertz CT molecular complexity index is 3730. The molecule has 0 saturated carbocycles. The monoisotopic (exact) mass is 1490 g/mol. The van der Waals surface area contributed by atoms with Gasteiger partial charge in [0.05, 0.1) is 149 Å². The van der Waals surface area contributed by atoms with E-state index in [1.807, 2.05) is 38.1 Å². The zero-order valence-electron chi connectivity index (χ0n) is 61.5. The van der Waals surface area contributed by atoms with Crippen molar-refractivity contribution in [3.05, 3.63) is 98.6 Å². The van der Waals surface area contributed by atoms with Crippen LogP contribution in [-0.4, -0.2) is 249 Å². The Morgan fingerprint density at radius 3 is 1.92 bits per heavy atom. The van der Waals surface area contributed by atoms with Crippen LogP contribution in [0.25, 0.3) is 22.3 Å². The maximum atomic E-state index is 15.4. The number of piperidine rings is 1. The predicted molar refractivity (Wildman–Crippen MR) is 382 cm³/mol. The van der Waals surface area contributed by atoms with Gasteiger partial charge in [-0.3, -0.25) is 53.5 Å². The van der Waals surface area contributed by atoms with E-state index in [-0.39, 0.29) is 138 Å². The fourth-order valence-corrected chi connectivity index (χ4v) is 13.0. The summed E-state index contributed by atoms with van der Waals surface area (Å²) in [7, 11) is 5.86. The molecule has 4 aliphatic heterocycles. The molecule has 32 heteroatoms. The number of hydrogen-bond donors (Lipinski definition) is 5. The fraction of sp³-hybridized carbons (Fsp3) is 0.581. The lowest BCUT2D eigenvalue weighted by atomic mass is 9.85. The van der Waals surface area contributed by atoms with Crippen LogP contribution >= 0.6 is 0 Å². The summed E-state index contributed by atoms with van der Waals surface area (Å²) in [5.41, 5.74) is 3.04. The summed E-state index contributed by atoms with van der Waals surface area (Å²) in [5, 5.41) is 14.4. The lowest BCUT2D eigenvalue weighted by Crippen LogP contribution is -2.53. The molecule has 580 valence electrons. The average molecular weight is 1490 g/mol. The Hall–Kier alpha value is -8.86. The molecule has 0 radical (unpaired) electrons. The number of halogens is 1. The number of pyridine rings is 2. The van der Waals surface area contributed by atoms with Crippen molar-refractivity contribution in [1.29, 1.82) is 0 Å². The van der Waals surface area contributed by atoms with Gasteiger partial charge in [0.15, 0.2) is 11.6 Å². The number of amides is 7. The Kier molecular flexibility index (Phi) is 32.7. The molecule has 0 aliphatic carbocycles. The van der Waals surface area contributed by atoms with Crippen LogP contribution in [0.1, 0.15) is 106 Å². The summed E-state index contributed by atoms with van der Waals surface area (Å²) in [5.74, 6) is -3.64. The van der Waals surface area contributed by atoms with Crippen LogP contribution in [0.4, 0.5) is 14.9 Å². The molecular weight excluding hydrogens is 1380 g/mol. The minimum atomic E-state index is -1.79. The second-order valence-electron chi connectivity index (χ2n) is 26.8. The van der Waals surface area contributed by atoms with E-state index in [0.29, 0.717) is 126 Å². The number of carbonyl (C=O) groups is 9. The third-order valence-electron chi connectivity index (χ3n) is 18.6. The maximum absolute atomic E-state index is 15.4. The number of nitrogens with zero attached hydrogens (tertiary/aromatic N) is 5. The van der Waals surface area contributed by atoms with E-state index in [4.69, 9.17) is 57.1 Å². The Labute approximate surface area is 615 Å². The number of nitrogens with one attached hydrogen (secondary N) is 5. The number of ether oxygens (including phenoxy) is 11. The lowest BCUT2D eigenvalue weighted by molar-refractivity contribution is -0.929. The van der Waals surface area contributed by atoms with E-state index in [2.05, 4.69) is 45.6 Å². The number of methoxy groups -OCH3 is 1. The molecule has 0 bridgehead atoms. The number of esters is 1. The molecule has 0 unspecified atom stereocenters. The highest BCUT2D eigenvalue weighted by atomic mass is 19.1. The molecule has 106 heavy (non-hydrogen) atoms. The number of fused-ring (bicyclic) bond motifs is 5. The first kappa shape index (κ1) is 82.8. The number of quaternary nitrogens is 1. The maximum Gasteiger partial charge on any atom is 0.411 e. The number of carbonyl (C=O) groups excluding carboxylic acids is 9. The van der Waals surface area contributed by atoms with Crippen LogP contribution < -0.4 is 36.9 Å². The molecule has 7 amide bonds. The van der Waals surface area contributed by atoms with E-state index >= 15 is 4.39 Å². The quantitative estimate of drug-likeness (QED) is 0.00922. The van der Waals surface area contributed by atoms with Gasteiger partial charge in [-0.05, 0) is 69.4 Å². The highest BCUT2D eigenvalue weighted by molar-refractivity contribution is 6.12. The van der Waals surface area contributed by atoms with Crippen molar-refractivity contribution in [3.63, 3.8) is 0 Å². The summed E-state index contributed by atoms with van der Waals surface area (Å²) in [6.07, 6.45) is 4.23. The normalized spacial score (nSPS) is 16.0. The van der Waals surface area contributed by atoms with Gasteiger partial charge in [0.25, 0.3) is 23.8 Å². The minimum Gasteiger partial charge on any atom is -0.494 e. The highest BCUT2D eigenvalue weighted by Crippen LogP contribution is 2.43. The van der Waals surface area contributed by atoms with Crippen LogP contribution in [0.3, 0.4) is 0 Å². The molecule has 1 fully saturated rings. The molecule has 6 heterocycles.